The van der Waals surface area contributed by atoms with Crippen LogP contribution in [0.3, 0.4) is 0 Å². The second-order valence-electron chi connectivity index (χ2n) is 4.08. The number of ether oxygens (including phenoxy) is 2. The summed E-state index contributed by atoms with van der Waals surface area (Å²) in [6.45, 7) is 0.0990. The highest BCUT2D eigenvalue weighted by Gasteiger charge is 2.09. The van der Waals surface area contributed by atoms with Crippen LogP contribution < -0.4 is 20.5 Å². The van der Waals surface area contributed by atoms with Crippen LogP contribution in [0.2, 0.25) is 0 Å². The molecular formula is C15H14N2O3S. The first-order valence-corrected chi connectivity index (χ1v) is 6.60. The summed E-state index contributed by atoms with van der Waals surface area (Å²) in [5.74, 6) is 0.923. The van der Waals surface area contributed by atoms with E-state index in [9.17, 15) is 4.79 Å². The third kappa shape index (κ3) is 4.77. The summed E-state index contributed by atoms with van der Waals surface area (Å²) < 4.78 is 10.6. The van der Waals surface area contributed by atoms with Crippen molar-refractivity contribution in [2.75, 3.05) is 11.9 Å². The number of hydrogen-bond acceptors (Lipinski definition) is 4. The van der Waals surface area contributed by atoms with Gasteiger partial charge >= 0.3 is 6.09 Å². The Balaban J connectivity index is 2.01. The van der Waals surface area contributed by atoms with E-state index in [1.54, 1.807) is 48.5 Å². The van der Waals surface area contributed by atoms with Crippen LogP contribution in [0.15, 0.2) is 54.6 Å². The molecule has 0 aliphatic heterocycles. The van der Waals surface area contributed by atoms with Crippen LogP contribution >= 0.6 is 12.2 Å². The monoisotopic (exact) mass is 302 g/mol. The molecule has 0 saturated carbocycles. The maximum atomic E-state index is 11.8. The molecule has 21 heavy (non-hydrogen) atoms. The van der Waals surface area contributed by atoms with E-state index in [1.165, 1.54) is 0 Å². The molecule has 2 aromatic rings. The first kappa shape index (κ1) is 14.8. The van der Waals surface area contributed by atoms with Gasteiger partial charge in [0.1, 0.15) is 23.1 Å². The summed E-state index contributed by atoms with van der Waals surface area (Å²) >= 11 is 4.75. The number of para-hydroxylation sites is 3. The van der Waals surface area contributed by atoms with Crippen molar-refractivity contribution in [1.82, 2.24) is 0 Å². The molecule has 0 aliphatic rings. The van der Waals surface area contributed by atoms with E-state index in [0.717, 1.165) is 0 Å². The number of nitrogens with two attached hydrogens (primary N) is 1. The lowest BCUT2D eigenvalue weighted by Gasteiger charge is -2.12. The standard InChI is InChI=1S/C15H14N2O3S/c16-14(21)10-19-13-9-5-4-8-12(13)17-15(18)20-11-6-2-1-3-7-11/h1-9H,10H2,(H2,16,21)(H,17,18). The van der Waals surface area contributed by atoms with Gasteiger partial charge in [-0.15, -0.1) is 0 Å². The third-order valence-corrected chi connectivity index (χ3v) is 2.57. The van der Waals surface area contributed by atoms with E-state index in [0.29, 0.717) is 17.2 Å². The minimum absolute atomic E-state index is 0.0990. The molecule has 0 heterocycles. The number of anilines is 1. The Morgan fingerprint density at radius 1 is 1.10 bits per heavy atom. The third-order valence-electron chi connectivity index (χ3n) is 2.45. The molecule has 0 bridgehead atoms. The summed E-state index contributed by atoms with van der Waals surface area (Å²) in [6.07, 6.45) is -0.604. The number of carbonyl (C=O) groups is 1. The number of nitrogens with one attached hydrogen (secondary N) is 1. The second-order valence-corrected chi connectivity index (χ2v) is 4.60. The molecule has 0 saturated heterocycles. The molecular weight excluding hydrogens is 288 g/mol. The number of rotatable bonds is 5. The highest BCUT2D eigenvalue weighted by atomic mass is 32.1. The first-order chi connectivity index (χ1) is 10.1. The zero-order valence-corrected chi connectivity index (χ0v) is 11.9. The lowest BCUT2D eigenvalue weighted by molar-refractivity contribution is 0.215. The van der Waals surface area contributed by atoms with Crippen molar-refractivity contribution in [1.29, 1.82) is 0 Å². The Morgan fingerprint density at radius 2 is 1.76 bits per heavy atom. The zero-order valence-electron chi connectivity index (χ0n) is 11.1. The lowest BCUT2D eigenvalue weighted by Crippen LogP contribution is -2.20. The minimum Gasteiger partial charge on any atom is -0.484 e. The van der Waals surface area contributed by atoms with Crippen molar-refractivity contribution in [3.63, 3.8) is 0 Å². The Hall–Kier alpha value is -2.60. The summed E-state index contributed by atoms with van der Waals surface area (Å²) in [4.78, 5) is 12.1. The lowest BCUT2D eigenvalue weighted by atomic mass is 10.3. The number of benzene rings is 2. The second kappa shape index (κ2) is 7.25. The van der Waals surface area contributed by atoms with E-state index >= 15 is 0 Å². The van der Waals surface area contributed by atoms with E-state index in [-0.39, 0.29) is 11.6 Å². The van der Waals surface area contributed by atoms with Crippen molar-refractivity contribution >= 4 is 29.0 Å². The fourth-order valence-corrected chi connectivity index (χ4v) is 1.63. The van der Waals surface area contributed by atoms with Gasteiger partial charge in [-0.3, -0.25) is 5.32 Å². The van der Waals surface area contributed by atoms with Crippen LogP contribution in [-0.2, 0) is 0 Å². The summed E-state index contributed by atoms with van der Waals surface area (Å²) in [6, 6.07) is 15.7. The van der Waals surface area contributed by atoms with Crippen molar-refractivity contribution < 1.29 is 14.3 Å². The van der Waals surface area contributed by atoms with Crippen molar-refractivity contribution in [3.8, 4) is 11.5 Å². The molecule has 0 aliphatic carbocycles. The van der Waals surface area contributed by atoms with Gasteiger partial charge in [0.2, 0.25) is 0 Å². The number of carbonyl (C=O) groups excluding carboxylic acids is 1. The average Bonchev–Trinajstić information content (AvgIpc) is 2.47. The predicted octanol–water partition coefficient (Wildman–Crippen LogP) is 2.96. The van der Waals surface area contributed by atoms with E-state index in [2.05, 4.69) is 5.32 Å². The number of thiocarbonyl (C=S) groups is 1. The molecule has 0 unspecified atom stereocenters. The van der Waals surface area contributed by atoms with Crippen LogP contribution in [0.4, 0.5) is 10.5 Å². The molecule has 0 radical (unpaired) electrons. The van der Waals surface area contributed by atoms with Gasteiger partial charge < -0.3 is 15.2 Å². The van der Waals surface area contributed by atoms with Gasteiger partial charge in [0.05, 0.1) is 5.69 Å². The van der Waals surface area contributed by atoms with Crippen LogP contribution in [0, 0.1) is 0 Å². The van der Waals surface area contributed by atoms with Crippen LogP contribution in [0.5, 0.6) is 11.5 Å². The molecule has 5 nitrogen and oxygen atoms in total. The van der Waals surface area contributed by atoms with Gasteiger partial charge in [0, 0.05) is 0 Å². The van der Waals surface area contributed by atoms with Gasteiger partial charge in [-0.25, -0.2) is 4.79 Å². The SMILES string of the molecule is NC(=S)COc1ccccc1NC(=O)Oc1ccccc1. The van der Waals surface area contributed by atoms with E-state index in [1.807, 2.05) is 6.07 Å². The van der Waals surface area contributed by atoms with Crippen molar-refractivity contribution in [2.45, 2.75) is 0 Å². The Bertz CT molecular complexity index is 632. The molecule has 0 spiro atoms. The molecule has 2 aromatic carbocycles. The molecule has 0 fully saturated rings. The largest absolute Gasteiger partial charge is 0.484 e. The normalized spacial score (nSPS) is 9.71. The van der Waals surface area contributed by atoms with Crippen molar-refractivity contribution in [3.05, 3.63) is 54.6 Å². The summed E-state index contributed by atoms with van der Waals surface area (Å²) in [7, 11) is 0. The van der Waals surface area contributed by atoms with Gasteiger partial charge in [0.25, 0.3) is 0 Å². The van der Waals surface area contributed by atoms with Gasteiger partial charge in [-0.05, 0) is 24.3 Å². The molecule has 108 valence electrons. The molecule has 1 amide bonds. The Labute approximate surface area is 127 Å². The van der Waals surface area contributed by atoms with Gasteiger partial charge in [-0.1, -0.05) is 42.5 Å². The van der Waals surface area contributed by atoms with Crippen LogP contribution in [0.1, 0.15) is 0 Å². The Morgan fingerprint density at radius 3 is 2.48 bits per heavy atom. The molecule has 2 rings (SSSR count). The van der Waals surface area contributed by atoms with Gasteiger partial charge in [-0.2, -0.15) is 0 Å². The first-order valence-electron chi connectivity index (χ1n) is 6.19. The van der Waals surface area contributed by atoms with Crippen LogP contribution in [0.25, 0.3) is 0 Å². The number of hydrogen-bond donors (Lipinski definition) is 2. The van der Waals surface area contributed by atoms with Crippen molar-refractivity contribution in [2.24, 2.45) is 5.73 Å². The van der Waals surface area contributed by atoms with E-state index < -0.39 is 6.09 Å². The summed E-state index contributed by atoms with van der Waals surface area (Å²) in [5, 5.41) is 2.61. The quantitative estimate of drug-likeness (QED) is 0.831. The molecule has 0 atom stereocenters. The zero-order chi connectivity index (χ0) is 15.1. The predicted molar refractivity (Wildman–Crippen MR) is 84.8 cm³/mol. The Kier molecular flexibility index (Phi) is 5.11. The number of amides is 1. The maximum Gasteiger partial charge on any atom is 0.417 e. The average molecular weight is 302 g/mol. The fourth-order valence-electron chi connectivity index (χ4n) is 1.58. The summed E-state index contributed by atoms with van der Waals surface area (Å²) in [5.41, 5.74) is 5.87. The van der Waals surface area contributed by atoms with Gasteiger partial charge in [0.15, 0.2) is 0 Å². The van der Waals surface area contributed by atoms with E-state index in [4.69, 9.17) is 27.4 Å². The fraction of sp³-hybridized carbons (Fsp3) is 0.0667. The maximum absolute atomic E-state index is 11.8. The highest BCUT2D eigenvalue weighted by Crippen LogP contribution is 2.24. The smallest absolute Gasteiger partial charge is 0.417 e. The topological polar surface area (TPSA) is 73.6 Å². The molecule has 0 aromatic heterocycles. The molecule has 3 N–H and O–H groups in total. The van der Waals surface area contributed by atoms with Crippen LogP contribution in [-0.4, -0.2) is 17.7 Å². The highest BCUT2D eigenvalue weighted by molar-refractivity contribution is 7.80. The molecule has 6 heteroatoms. The minimum atomic E-state index is -0.604.